The van der Waals surface area contributed by atoms with Gasteiger partial charge in [-0.1, -0.05) is 6.07 Å². The lowest BCUT2D eigenvalue weighted by atomic mass is 10.1. The van der Waals surface area contributed by atoms with E-state index in [2.05, 4.69) is 17.9 Å². The van der Waals surface area contributed by atoms with Crippen LogP contribution in [0.3, 0.4) is 0 Å². The van der Waals surface area contributed by atoms with E-state index in [9.17, 15) is 10.1 Å². The molecule has 2 rings (SSSR count). The molecule has 0 amide bonds. The molecule has 0 aliphatic heterocycles. The molecule has 4 nitrogen and oxygen atoms in total. The van der Waals surface area contributed by atoms with Crippen LogP contribution in [0.4, 0.5) is 5.69 Å². The van der Waals surface area contributed by atoms with Crippen molar-refractivity contribution in [2.75, 3.05) is 18.0 Å². The van der Waals surface area contributed by atoms with Crippen LogP contribution in [0.15, 0.2) is 24.3 Å². The van der Waals surface area contributed by atoms with Crippen molar-refractivity contribution in [1.29, 1.82) is 5.26 Å². The summed E-state index contributed by atoms with van der Waals surface area (Å²) in [6.07, 6.45) is 5.14. The number of carboxylic acids is 1. The zero-order chi connectivity index (χ0) is 14.5. The van der Waals surface area contributed by atoms with Crippen molar-refractivity contribution < 1.29 is 9.90 Å². The van der Waals surface area contributed by atoms with Gasteiger partial charge in [-0.15, -0.1) is 0 Å². The number of nitrogens with zero attached hydrogens (tertiary/aromatic N) is 2. The van der Waals surface area contributed by atoms with Crippen LogP contribution in [0.5, 0.6) is 0 Å². The Morgan fingerprint density at radius 1 is 1.55 bits per heavy atom. The van der Waals surface area contributed by atoms with Gasteiger partial charge < -0.3 is 10.0 Å². The Morgan fingerprint density at radius 2 is 2.30 bits per heavy atom. The van der Waals surface area contributed by atoms with Gasteiger partial charge in [0.1, 0.15) is 6.07 Å². The summed E-state index contributed by atoms with van der Waals surface area (Å²) in [5, 5.41) is 17.9. The fraction of sp³-hybridized carbons (Fsp3) is 0.375. The number of anilines is 1. The van der Waals surface area contributed by atoms with E-state index in [1.54, 1.807) is 6.07 Å². The van der Waals surface area contributed by atoms with Crippen LogP contribution in [0.1, 0.15) is 30.9 Å². The summed E-state index contributed by atoms with van der Waals surface area (Å²) in [5.74, 6) is -0.232. The Bertz CT molecular complexity index is 568. The van der Waals surface area contributed by atoms with Crippen molar-refractivity contribution in [2.24, 2.45) is 5.92 Å². The summed E-state index contributed by atoms with van der Waals surface area (Å²) >= 11 is 0. The van der Waals surface area contributed by atoms with E-state index in [4.69, 9.17) is 5.11 Å². The zero-order valence-electron chi connectivity index (χ0n) is 11.5. The number of hydrogen-bond donors (Lipinski definition) is 1. The van der Waals surface area contributed by atoms with Gasteiger partial charge >= 0.3 is 5.97 Å². The molecular formula is C16H18N2O2. The molecule has 1 fully saturated rings. The predicted molar refractivity (Wildman–Crippen MR) is 78.4 cm³/mol. The van der Waals surface area contributed by atoms with Gasteiger partial charge in [-0.05, 0) is 49.5 Å². The number of carboxylic acid groups (broad SMARTS) is 1. The van der Waals surface area contributed by atoms with Crippen LogP contribution in [0.2, 0.25) is 0 Å². The summed E-state index contributed by atoms with van der Waals surface area (Å²) in [6.45, 7) is 3.95. The van der Waals surface area contributed by atoms with E-state index in [1.807, 2.05) is 12.1 Å². The number of aliphatic carboxylic acids is 1. The van der Waals surface area contributed by atoms with Gasteiger partial charge in [-0.25, -0.2) is 4.79 Å². The molecule has 20 heavy (non-hydrogen) atoms. The van der Waals surface area contributed by atoms with Crippen molar-refractivity contribution in [1.82, 2.24) is 0 Å². The fourth-order valence-corrected chi connectivity index (χ4v) is 2.20. The maximum atomic E-state index is 10.5. The van der Waals surface area contributed by atoms with Crippen molar-refractivity contribution in [3.8, 4) is 6.07 Å². The van der Waals surface area contributed by atoms with Crippen LogP contribution in [-0.4, -0.2) is 24.2 Å². The first-order chi connectivity index (χ1) is 9.63. The van der Waals surface area contributed by atoms with E-state index in [0.29, 0.717) is 5.56 Å². The number of carbonyl (C=O) groups is 1. The van der Waals surface area contributed by atoms with Crippen LogP contribution in [0.25, 0.3) is 6.08 Å². The lowest BCUT2D eigenvalue weighted by molar-refractivity contribution is -0.131. The minimum atomic E-state index is -0.989. The van der Waals surface area contributed by atoms with E-state index in [1.165, 1.54) is 18.9 Å². The average molecular weight is 270 g/mol. The van der Waals surface area contributed by atoms with E-state index in [0.717, 1.165) is 36.3 Å². The molecule has 4 heteroatoms. The number of hydrogen-bond acceptors (Lipinski definition) is 3. The molecule has 0 unspecified atom stereocenters. The molecule has 0 heterocycles. The Morgan fingerprint density at radius 3 is 2.85 bits per heavy atom. The Hall–Kier alpha value is -2.28. The Kier molecular flexibility index (Phi) is 4.41. The SMILES string of the molecule is CCN(CC1CC1)c1ccc(/C=C/C(=O)O)cc1C#N. The minimum absolute atomic E-state index is 0.597. The Labute approximate surface area is 118 Å². The van der Waals surface area contributed by atoms with Crippen LogP contribution >= 0.6 is 0 Å². The molecule has 0 atom stereocenters. The smallest absolute Gasteiger partial charge is 0.328 e. The molecular weight excluding hydrogens is 252 g/mol. The molecule has 104 valence electrons. The monoisotopic (exact) mass is 270 g/mol. The average Bonchev–Trinajstić information content (AvgIpc) is 3.26. The predicted octanol–water partition coefficient (Wildman–Crippen LogP) is 2.89. The fourth-order valence-electron chi connectivity index (χ4n) is 2.20. The second-order valence-corrected chi connectivity index (χ2v) is 5.04. The first-order valence-corrected chi connectivity index (χ1v) is 6.84. The summed E-state index contributed by atoms with van der Waals surface area (Å²) in [7, 11) is 0. The highest BCUT2D eigenvalue weighted by Gasteiger charge is 2.24. The first-order valence-electron chi connectivity index (χ1n) is 6.84. The van der Waals surface area contributed by atoms with Gasteiger partial charge in [0.2, 0.25) is 0 Å². The van der Waals surface area contributed by atoms with Gasteiger partial charge in [0, 0.05) is 19.2 Å². The van der Waals surface area contributed by atoms with Crippen LogP contribution in [0, 0.1) is 17.2 Å². The standard InChI is InChI=1S/C16H18N2O2/c1-2-18(11-13-3-4-13)15-7-5-12(6-8-16(19)20)9-14(15)10-17/h5-9,13H,2-4,11H2,1H3,(H,19,20)/b8-6+. The second kappa shape index (κ2) is 6.25. The van der Waals surface area contributed by atoms with Crippen LogP contribution in [-0.2, 0) is 4.79 Å². The zero-order valence-corrected chi connectivity index (χ0v) is 11.5. The van der Waals surface area contributed by atoms with Gasteiger partial charge in [0.05, 0.1) is 11.3 Å². The molecule has 0 aromatic heterocycles. The third-order valence-corrected chi connectivity index (χ3v) is 3.46. The van der Waals surface area contributed by atoms with Gasteiger partial charge in [0.25, 0.3) is 0 Å². The molecule has 0 saturated heterocycles. The topological polar surface area (TPSA) is 64.3 Å². The highest BCUT2D eigenvalue weighted by Crippen LogP contribution is 2.32. The molecule has 1 aromatic carbocycles. The Balaban J connectivity index is 2.24. The number of benzene rings is 1. The van der Waals surface area contributed by atoms with Crippen molar-refractivity contribution in [2.45, 2.75) is 19.8 Å². The largest absolute Gasteiger partial charge is 0.478 e. The highest BCUT2D eigenvalue weighted by molar-refractivity contribution is 5.85. The van der Waals surface area contributed by atoms with E-state index < -0.39 is 5.97 Å². The lowest BCUT2D eigenvalue weighted by Crippen LogP contribution is -2.26. The van der Waals surface area contributed by atoms with Crippen molar-refractivity contribution in [3.63, 3.8) is 0 Å². The molecule has 1 aromatic rings. The first kappa shape index (κ1) is 14.1. The summed E-state index contributed by atoms with van der Waals surface area (Å²) < 4.78 is 0. The quantitative estimate of drug-likeness (QED) is 0.807. The highest BCUT2D eigenvalue weighted by atomic mass is 16.4. The summed E-state index contributed by atoms with van der Waals surface area (Å²) in [6, 6.07) is 7.71. The van der Waals surface area contributed by atoms with Gasteiger partial charge in [-0.2, -0.15) is 5.26 Å². The molecule has 0 radical (unpaired) electrons. The van der Waals surface area contributed by atoms with Crippen molar-refractivity contribution in [3.05, 3.63) is 35.4 Å². The van der Waals surface area contributed by atoms with Crippen molar-refractivity contribution >= 4 is 17.7 Å². The minimum Gasteiger partial charge on any atom is -0.478 e. The third kappa shape index (κ3) is 3.61. The molecule has 1 N–H and O–H groups in total. The normalized spacial score (nSPS) is 14.2. The maximum Gasteiger partial charge on any atom is 0.328 e. The molecule has 1 aliphatic rings. The van der Waals surface area contributed by atoms with Gasteiger partial charge in [0.15, 0.2) is 0 Å². The third-order valence-electron chi connectivity index (χ3n) is 3.46. The van der Waals surface area contributed by atoms with E-state index in [-0.39, 0.29) is 0 Å². The number of nitriles is 1. The second-order valence-electron chi connectivity index (χ2n) is 5.04. The van der Waals surface area contributed by atoms with Crippen LogP contribution < -0.4 is 4.90 Å². The molecule has 0 spiro atoms. The summed E-state index contributed by atoms with van der Waals surface area (Å²) in [4.78, 5) is 12.7. The molecule has 0 bridgehead atoms. The van der Waals surface area contributed by atoms with Gasteiger partial charge in [-0.3, -0.25) is 0 Å². The lowest BCUT2D eigenvalue weighted by Gasteiger charge is -2.24. The number of rotatable bonds is 6. The molecule has 1 saturated carbocycles. The molecule has 1 aliphatic carbocycles. The maximum absolute atomic E-state index is 10.5. The summed E-state index contributed by atoms with van der Waals surface area (Å²) in [5.41, 5.74) is 2.27. The van der Waals surface area contributed by atoms with E-state index >= 15 is 0 Å².